The van der Waals surface area contributed by atoms with E-state index in [2.05, 4.69) is 5.32 Å². The Morgan fingerprint density at radius 2 is 1.67 bits per heavy atom. The van der Waals surface area contributed by atoms with Crippen LogP contribution in [0.5, 0.6) is 5.75 Å². The number of phenolic OH excluding ortho intramolecular Hbond substituents is 1. The molecule has 2 aromatic carbocycles. The first kappa shape index (κ1) is 19.5. The van der Waals surface area contributed by atoms with Crippen molar-refractivity contribution < 1.29 is 28.0 Å². The van der Waals surface area contributed by atoms with Crippen LogP contribution >= 0.6 is 0 Å². The summed E-state index contributed by atoms with van der Waals surface area (Å²) >= 11 is 0. The molecule has 24 heavy (non-hydrogen) atoms. The SMILES string of the molecule is Cc1ccc(S(=O)(=O)O)c(C)c1.O=C(O)CNc1ccc(O)cc1. The van der Waals surface area contributed by atoms with E-state index < -0.39 is 16.1 Å². The number of hydrogen-bond acceptors (Lipinski definition) is 5. The molecule has 0 aliphatic heterocycles. The summed E-state index contributed by atoms with van der Waals surface area (Å²) in [6, 6.07) is 11.0. The lowest BCUT2D eigenvalue weighted by Crippen LogP contribution is -2.11. The Bertz CT molecular complexity index is 800. The van der Waals surface area contributed by atoms with Gasteiger partial charge in [0, 0.05) is 5.69 Å². The number of aryl methyl sites for hydroxylation is 2. The second kappa shape index (κ2) is 8.32. The summed E-state index contributed by atoms with van der Waals surface area (Å²) in [5.74, 6) is -0.751. The Morgan fingerprint density at radius 1 is 1.08 bits per heavy atom. The number of hydrogen-bond donors (Lipinski definition) is 4. The molecule has 8 heteroatoms. The molecule has 4 N–H and O–H groups in total. The summed E-state index contributed by atoms with van der Waals surface area (Å²) in [4.78, 5) is 10.1. The minimum atomic E-state index is -4.05. The minimum Gasteiger partial charge on any atom is -0.508 e. The number of rotatable bonds is 4. The average Bonchev–Trinajstić information content (AvgIpc) is 2.45. The molecule has 0 atom stereocenters. The maximum atomic E-state index is 10.7. The van der Waals surface area contributed by atoms with Crippen LogP contribution in [0, 0.1) is 13.8 Å². The summed E-state index contributed by atoms with van der Waals surface area (Å²) in [5.41, 5.74) is 2.22. The molecule has 0 saturated carbocycles. The molecule has 0 radical (unpaired) electrons. The zero-order valence-electron chi connectivity index (χ0n) is 13.2. The number of benzene rings is 2. The van der Waals surface area contributed by atoms with Gasteiger partial charge >= 0.3 is 5.97 Å². The van der Waals surface area contributed by atoms with Crippen LogP contribution in [0.1, 0.15) is 11.1 Å². The zero-order valence-corrected chi connectivity index (χ0v) is 14.0. The molecule has 0 aliphatic carbocycles. The molecule has 0 fully saturated rings. The first-order valence-electron chi connectivity index (χ1n) is 6.89. The van der Waals surface area contributed by atoms with Gasteiger partial charge in [0.05, 0.1) is 4.90 Å². The molecule has 7 nitrogen and oxygen atoms in total. The maximum Gasteiger partial charge on any atom is 0.322 e. The van der Waals surface area contributed by atoms with E-state index in [-0.39, 0.29) is 17.2 Å². The molecule has 0 aromatic heterocycles. The second-order valence-electron chi connectivity index (χ2n) is 5.04. The molecule has 2 aromatic rings. The zero-order chi connectivity index (χ0) is 18.3. The third-order valence-electron chi connectivity index (χ3n) is 2.92. The van der Waals surface area contributed by atoms with Crippen LogP contribution in [-0.2, 0) is 14.9 Å². The Labute approximate surface area is 140 Å². The first-order chi connectivity index (χ1) is 11.1. The van der Waals surface area contributed by atoms with E-state index in [1.165, 1.54) is 18.2 Å². The number of carboxylic acid groups (broad SMARTS) is 1. The van der Waals surface area contributed by atoms with Crippen LogP contribution < -0.4 is 5.32 Å². The third kappa shape index (κ3) is 6.67. The van der Waals surface area contributed by atoms with Crippen molar-refractivity contribution in [1.82, 2.24) is 0 Å². The van der Waals surface area contributed by atoms with Crippen LogP contribution in [-0.4, -0.2) is 35.7 Å². The first-order valence-corrected chi connectivity index (χ1v) is 8.33. The van der Waals surface area contributed by atoms with Crippen molar-refractivity contribution in [3.05, 3.63) is 53.6 Å². The van der Waals surface area contributed by atoms with Gasteiger partial charge in [0.15, 0.2) is 0 Å². The molecule has 0 bridgehead atoms. The predicted octanol–water partition coefficient (Wildman–Crippen LogP) is 2.44. The number of carbonyl (C=O) groups is 1. The van der Waals surface area contributed by atoms with E-state index in [1.54, 1.807) is 31.2 Å². The van der Waals surface area contributed by atoms with Gasteiger partial charge in [0.2, 0.25) is 0 Å². The highest BCUT2D eigenvalue weighted by Gasteiger charge is 2.11. The van der Waals surface area contributed by atoms with Gasteiger partial charge in [-0.05, 0) is 49.7 Å². The van der Waals surface area contributed by atoms with Gasteiger partial charge in [-0.2, -0.15) is 8.42 Å². The molecule has 0 heterocycles. The van der Waals surface area contributed by atoms with Crippen molar-refractivity contribution in [1.29, 1.82) is 0 Å². The highest BCUT2D eigenvalue weighted by Crippen LogP contribution is 2.15. The summed E-state index contributed by atoms with van der Waals surface area (Å²) in [5, 5.41) is 19.9. The quantitative estimate of drug-likeness (QED) is 0.491. The molecular formula is C16H19NO6S. The van der Waals surface area contributed by atoms with Crippen molar-refractivity contribution in [2.24, 2.45) is 0 Å². The van der Waals surface area contributed by atoms with E-state index in [4.69, 9.17) is 14.8 Å². The van der Waals surface area contributed by atoms with Gasteiger partial charge in [0.1, 0.15) is 12.3 Å². The molecule has 0 saturated heterocycles. The van der Waals surface area contributed by atoms with Crippen LogP contribution in [0.25, 0.3) is 0 Å². The van der Waals surface area contributed by atoms with Crippen LogP contribution in [0.3, 0.4) is 0 Å². The number of nitrogens with one attached hydrogen (secondary N) is 1. The molecule has 0 amide bonds. The topological polar surface area (TPSA) is 124 Å². The fraction of sp³-hybridized carbons (Fsp3) is 0.188. The second-order valence-corrected chi connectivity index (χ2v) is 6.43. The van der Waals surface area contributed by atoms with Gasteiger partial charge in [-0.3, -0.25) is 9.35 Å². The number of phenols is 1. The molecule has 0 spiro atoms. The number of aliphatic carboxylic acids is 1. The molecule has 130 valence electrons. The van der Waals surface area contributed by atoms with Crippen molar-refractivity contribution in [2.45, 2.75) is 18.7 Å². The predicted molar refractivity (Wildman–Crippen MR) is 90.0 cm³/mol. The number of carboxylic acids is 1. The lowest BCUT2D eigenvalue weighted by atomic mass is 10.2. The van der Waals surface area contributed by atoms with Crippen molar-refractivity contribution in [2.75, 3.05) is 11.9 Å². The standard InChI is InChI=1S/C8H9NO3.C8H10O3S/c10-7-3-1-6(2-4-7)9-5-8(11)12;1-6-3-4-8(7(2)5-6)12(9,10)11/h1-4,9-10H,5H2,(H,11,12);3-5H,1-2H3,(H,9,10,11). The van der Waals surface area contributed by atoms with E-state index in [0.717, 1.165) is 5.56 Å². The monoisotopic (exact) mass is 353 g/mol. The Kier molecular flexibility index (Phi) is 6.75. The lowest BCUT2D eigenvalue weighted by Gasteiger charge is -2.02. The van der Waals surface area contributed by atoms with Gasteiger partial charge in [-0.1, -0.05) is 17.7 Å². The van der Waals surface area contributed by atoms with E-state index in [9.17, 15) is 13.2 Å². The van der Waals surface area contributed by atoms with Crippen LogP contribution in [0.15, 0.2) is 47.4 Å². The van der Waals surface area contributed by atoms with E-state index >= 15 is 0 Å². The van der Waals surface area contributed by atoms with Gasteiger partial charge < -0.3 is 15.5 Å². The van der Waals surface area contributed by atoms with Crippen molar-refractivity contribution >= 4 is 21.8 Å². The summed E-state index contributed by atoms with van der Waals surface area (Å²) in [6.07, 6.45) is 0. The Balaban J connectivity index is 0.000000240. The lowest BCUT2D eigenvalue weighted by molar-refractivity contribution is -0.134. The third-order valence-corrected chi connectivity index (χ3v) is 3.93. The van der Waals surface area contributed by atoms with Gasteiger partial charge in [-0.25, -0.2) is 0 Å². The smallest absolute Gasteiger partial charge is 0.322 e. The van der Waals surface area contributed by atoms with E-state index in [1.807, 2.05) is 6.92 Å². The van der Waals surface area contributed by atoms with Crippen LogP contribution in [0.4, 0.5) is 5.69 Å². The fourth-order valence-corrected chi connectivity index (χ4v) is 2.55. The fourth-order valence-electron chi connectivity index (χ4n) is 1.85. The molecular weight excluding hydrogens is 334 g/mol. The van der Waals surface area contributed by atoms with Gasteiger partial charge in [0.25, 0.3) is 10.1 Å². The largest absolute Gasteiger partial charge is 0.508 e. The normalized spacial score (nSPS) is 10.5. The van der Waals surface area contributed by atoms with Crippen molar-refractivity contribution in [3.63, 3.8) is 0 Å². The Morgan fingerprint density at radius 3 is 2.12 bits per heavy atom. The Hall–Kier alpha value is -2.58. The highest BCUT2D eigenvalue weighted by molar-refractivity contribution is 7.85. The van der Waals surface area contributed by atoms with E-state index in [0.29, 0.717) is 11.3 Å². The summed E-state index contributed by atoms with van der Waals surface area (Å²) < 4.78 is 30.2. The molecule has 0 unspecified atom stereocenters. The van der Waals surface area contributed by atoms with Gasteiger partial charge in [-0.15, -0.1) is 0 Å². The average molecular weight is 353 g/mol. The number of aromatic hydroxyl groups is 1. The summed E-state index contributed by atoms with van der Waals surface area (Å²) in [7, 11) is -4.05. The summed E-state index contributed by atoms with van der Waals surface area (Å²) in [6.45, 7) is 3.39. The number of anilines is 1. The maximum absolute atomic E-state index is 10.7. The van der Waals surface area contributed by atoms with Crippen LogP contribution in [0.2, 0.25) is 0 Å². The van der Waals surface area contributed by atoms with Crippen molar-refractivity contribution in [3.8, 4) is 5.75 Å². The highest BCUT2D eigenvalue weighted by atomic mass is 32.2. The minimum absolute atomic E-state index is 0.0203. The molecule has 2 rings (SSSR count). The molecule has 0 aliphatic rings.